The average molecular weight is 552 g/mol. The summed E-state index contributed by atoms with van der Waals surface area (Å²) in [7, 11) is 0. The van der Waals surface area contributed by atoms with Gasteiger partial charge in [0.1, 0.15) is 10.5 Å². The molecule has 0 unspecified atom stereocenters. The molecule has 0 radical (unpaired) electrons. The van der Waals surface area contributed by atoms with Gasteiger partial charge in [-0.2, -0.15) is 10.5 Å². The highest BCUT2D eigenvalue weighted by atomic mass is 79.9. The third-order valence-electron chi connectivity index (χ3n) is 4.13. The Balaban J connectivity index is 2.07. The van der Waals surface area contributed by atoms with Crippen molar-refractivity contribution in [3.05, 3.63) is 66.7 Å². The highest BCUT2D eigenvalue weighted by molar-refractivity contribution is 9.11. The number of fused-ring (bicyclic) bond motifs is 1. The number of hydrogen-bond donors (Lipinski definition) is 1. The molecule has 10 heteroatoms. The van der Waals surface area contributed by atoms with Gasteiger partial charge in [0, 0.05) is 9.75 Å². The number of rotatable bonds is 2. The Labute approximate surface area is 187 Å². The molecule has 138 valence electrons. The van der Waals surface area contributed by atoms with Crippen LogP contribution < -0.4 is 20.5 Å². The highest BCUT2D eigenvalue weighted by Gasteiger charge is 2.33. The standard InChI is InChI=1S/C18H8Br2N4OS3/c19-13-3-1-8(26-13)5-12-17(25)24-16(23)9(6-21)15(10(7-22)18(24)28-12)11-2-4-14(20)27-11/h1-5,15H,23H2/t15-/m0/s1. The molecule has 2 N–H and O–H groups in total. The molecule has 0 aliphatic carbocycles. The van der Waals surface area contributed by atoms with Crippen molar-refractivity contribution < 1.29 is 0 Å². The summed E-state index contributed by atoms with van der Waals surface area (Å²) < 4.78 is 4.07. The largest absolute Gasteiger partial charge is 0.384 e. The van der Waals surface area contributed by atoms with Gasteiger partial charge in [-0.1, -0.05) is 0 Å². The summed E-state index contributed by atoms with van der Waals surface area (Å²) in [5.41, 5.74) is 6.48. The lowest BCUT2D eigenvalue weighted by atomic mass is 9.89. The number of thiazole rings is 1. The van der Waals surface area contributed by atoms with Crippen LogP contribution in [0.4, 0.5) is 0 Å². The lowest BCUT2D eigenvalue weighted by molar-refractivity contribution is 0.914. The zero-order chi connectivity index (χ0) is 20.0. The highest BCUT2D eigenvalue weighted by Crippen LogP contribution is 2.40. The van der Waals surface area contributed by atoms with E-state index in [4.69, 9.17) is 5.73 Å². The van der Waals surface area contributed by atoms with Crippen molar-refractivity contribution in [2.45, 2.75) is 5.92 Å². The van der Waals surface area contributed by atoms with Crippen LogP contribution in [0.2, 0.25) is 0 Å². The van der Waals surface area contributed by atoms with Crippen molar-refractivity contribution >= 4 is 83.3 Å². The number of allylic oxidation sites excluding steroid dienone is 1. The molecule has 4 rings (SSSR count). The number of nitrogens with zero attached hydrogens (tertiary/aromatic N) is 3. The van der Waals surface area contributed by atoms with Gasteiger partial charge in [0.05, 0.1) is 41.3 Å². The monoisotopic (exact) mass is 550 g/mol. The normalized spacial score (nSPS) is 16.8. The van der Waals surface area contributed by atoms with Gasteiger partial charge in [-0.3, -0.25) is 9.36 Å². The van der Waals surface area contributed by atoms with Crippen LogP contribution in [0.1, 0.15) is 15.7 Å². The topological polar surface area (TPSA) is 95.6 Å². The van der Waals surface area contributed by atoms with E-state index in [1.165, 1.54) is 38.6 Å². The van der Waals surface area contributed by atoms with Crippen LogP contribution in [0.25, 0.3) is 17.5 Å². The van der Waals surface area contributed by atoms with Gasteiger partial charge in [-0.25, -0.2) is 0 Å². The first-order valence-corrected chi connectivity index (χ1v) is 11.8. The minimum absolute atomic E-state index is 0.0827. The molecule has 1 aliphatic heterocycles. The first-order chi connectivity index (χ1) is 13.4. The molecular weight excluding hydrogens is 544 g/mol. The minimum atomic E-state index is -0.576. The third kappa shape index (κ3) is 3.11. The Morgan fingerprint density at radius 3 is 2.29 bits per heavy atom. The van der Waals surface area contributed by atoms with Crippen molar-refractivity contribution in [1.82, 2.24) is 4.57 Å². The summed E-state index contributed by atoms with van der Waals surface area (Å²) in [6.07, 6.45) is 1.78. The van der Waals surface area contributed by atoms with E-state index in [0.29, 0.717) is 14.8 Å². The van der Waals surface area contributed by atoms with Crippen molar-refractivity contribution in [1.29, 1.82) is 10.5 Å². The lowest BCUT2D eigenvalue weighted by Crippen LogP contribution is -2.38. The number of nitrogens with two attached hydrogens (primary N) is 1. The zero-order valence-corrected chi connectivity index (χ0v) is 19.4. The van der Waals surface area contributed by atoms with Gasteiger partial charge in [0.25, 0.3) is 5.56 Å². The first kappa shape index (κ1) is 19.4. The van der Waals surface area contributed by atoms with Crippen molar-refractivity contribution in [3.63, 3.8) is 0 Å². The van der Waals surface area contributed by atoms with E-state index in [1.54, 1.807) is 6.08 Å². The molecule has 0 spiro atoms. The van der Waals surface area contributed by atoms with Gasteiger partial charge < -0.3 is 5.73 Å². The van der Waals surface area contributed by atoms with Crippen molar-refractivity contribution in [2.24, 2.45) is 5.73 Å². The van der Waals surface area contributed by atoms with Crippen LogP contribution in [-0.4, -0.2) is 4.57 Å². The predicted molar refractivity (Wildman–Crippen MR) is 120 cm³/mol. The van der Waals surface area contributed by atoms with E-state index in [0.717, 1.165) is 17.3 Å². The molecule has 0 fully saturated rings. The average Bonchev–Trinajstić information content (AvgIpc) is 3.35. The maximum atomic E-state index is 13.0. The minimum Gasteiger partial charge on any atom is -0.384 e. The summed E-state index contributed by atoms with van der Waals surface area (Å²) in [4.78, 5) is 14.7. The van der Waals surface area contributed by atoms with Crippen molar-refractivity contribution in [3.8, 4) is 12.1 Å². The van der Waals surface area contributed by atoms with E-state index in [1.807, 2.05) is 24.3 Å². The molecule has 1 atom stereocenters. The Morgan fingerprint density at radius 1 is 1.04 bits per heavy atom. The number of nitriles is 2. The smallest absolute Gasteiger partial charge is 0.274 e. The molecule has 5 nitrogen and oxygen atoms in total. The van der Waals surface area contributed by atoms with E-state index in [-0.39, 0.29) is 17.0 Å². The number of halogens is 2. The summed E-state index contributed by atoms with van der Waals surface area (Å²) in [6.45, 7) is 0. The first-order valence-electron chi connectivity index (χ1n) is 7.73. The van der Waals surface area contributed by atoms with Crippen LogP contribution in [0.3, 0.4) is 0 Å². The fourth-order valence-electron chi connectivity index (χ4n) is 2.95. The molecule has 3 aromatic rings. The summed E-state index contributed by atoms with van der Waals surface area (Å²) >= 11 is 11.0. The van der Waals surface area contributed by atoms with E-state index in [2.05, 4.69) is 44.0 Å². The Kier molecular flexibility index (Phi) is 5.17. The van der Waals surface area contributed by atoms with Crippen molar-refractivity contribution in [2.75, 3.05) is 0 Å². The van der Waals surface area contributed by atoms with Crippen LogP contribution in [-0.2, 0) is 0 Å². The van der Waals surface area contributed by atoms with E-state index < -0.39 is 5.92 Å². The van der Waals surface area contributed by atoms with Gasteiger partial charge in [0.2, 0.25) is 0 Å². The number of thiophene rings is 2. The summed E-state index contributed by atoms with van der Waals surface area (Å²) in [5.74, 6) is -0.493. The second-order valence-electron chi connectivity index (χ2n) is 5.71. The maximum absolute atomic E-state index is 13.0. The predicted octanol–water partition coefficient (Wildman–Crippen LogP) is 3.51. The second-order valence-corrected chi connectivity index (χ2v) is 11.7. The quantitative estimate of drug-likeness (QED) is 0.527. The molecule has 0 bridgehead atoms. The third-order valence-corrected chi connectivity index (χ3v) is 8.50. The zero-order valence-electron chi connectivity index (χ0n) is 13.8. The molecular formula is C18H8Br2N4OS3. The fraction of sp³-hybridized carbons (Fsp3) is 0.0556. The summed E-state index contributed by atoms with van der Waals surface area (Å²) in [5, 5.41) is 19.6. The molecule has 28 heavy (non-hydrogen) atoms. The van der Waals surface area contributed by atoms with Gasteiger partial charge >= 0.3 is 0 Å². The van der Waals surface area contributed by atoms with Gasteiger partial charge in [-0.15, -0.1) is 34.0 Å². The van der Waals surface area contributed by atoms with E-state index in [9.17, 15) is 15.3 Å². The Morgan fingerprint density at radius 2 is 1.71 bits per heavy atom. The molecule has 1 aliphatic rings. The molecule has 0 saturated heterocycles. The molecule has 3 aromatic heterocycles. The van der Waals surface area contributed by atoms with Crippen LogP contribution in [0.5, 0.6) is 0 Å². The Bertz CT molecular complexity index is 1410. The SMILES string of the molecule is N#CC1=C(N)n2c(sc(=Cc3ccc(Br)s3)c2=O)=C(C#N)[C@H]1c1ccc(Br)s1. The summed E-state index contributed by atoms with van der Waals surface area (Å²) in [6, 6.07) is 11.9. The number of hydrogen-bond acceptors (Lipinski definition) is 7. The van der Waals surface area contributed by atoms with Crippen LogP contribution in [0.15, 0.2) is 42.2 Å². The van der Waals surface area contributed by atoms with E-state index >= 15 is 0 Å². The van der Waals surface area contributed by atoms with Crippen LogP contribution in [0, 0.1) is 22.7 Å². The number of aromatic nitrogens is 1. The molecule has 4 heterocycles. The molecule has 0 saturated carbocycles. The maximum Gasteiger partial charge on any atom is 0.274 e. The van der Waals surface area contributed by atoms with Gasteiger partial charge in [-0.05, 0) is 62.2 Å². The van der Waals surface area contributed by atoms with Crippen LogP contribution >= 0.6 is 65.9 Å². The second kappa shape index (κ2) is 7.47. The fourth-order valence-corrected chi connectivity index (χ4v) is 7.06. The molecule has 0 aromatic carbocycles. The van der Waals surface area contributed by atoms with Gasteiger partial charge in [0.15, 0.2) is 0 Å². The molecule has 0 amide bonds. The Hall–Kier alpha value is -1.95. The lowest BCUT2D eigenvalue weighted by Gasteiger charge is -2.20.